The summed E-state index contributed by atoms with van der Waals surface area (Å²) in [7, 11) is 0. The summed E-state index contributed by atoms with van der Waals surface area (Å²) in [6, 6.07) is 0. The Morgan fingerprint density at radius 1 is 0.250 bits per heavy atom. The summed E-state index contributed by atoms with van der Waals surface area (Å²) >= 11 is 0. The smallest absolute Gasteiger partial charge is 0.306 e. The zero-order valence-corrected chi connectivity index (χ0v) is 51.3. The van der Waals surface area contributed by atoms with Crippen molar-refractivity contribution in [3.63, 3.8) is 0 Å². The van der Waals surface area contributed by atoms with Gasteiger partial charge >= 0.3 is 17.9 Å². The van der Waals surface area contributed by atoms with Crippen LogP contribution >= 0.6 is 0 Å². The molecule has 0 heterocycles. The van der Waals surface area contributed by atoms with Crippen LogP contribution in [0.2, 0.25) is 0 Å². The lowest BCUT2D eigenvalue weighted by Gasteiger charge is -2.18. The van der Waals surface area contributed by atoms with E-state index in [1.807, 2.05) is 0 Å². The van der Waals surface area contributed by atoms with E-state index in [0.29, 0.717) is 19.3 Å². The van der Waals surface area contributed by atoms with Gasteiger partial charge in [-0.15, -0.1) is 0 Å². The zero-order valence-electron chi connectivity index (χ0n) is 51.3. The maximum absolute atomic E-state index is 12.9. The largest absolute Gasteiger partial charge is 0.462 e. The summed E-state index contributed by atoms with van der Waals surface area (Å²) in [5.74, 6) is -0.864. The minimum absolute atomic E-state index is 0.0725. The van der Waals surface area contributed by atoms with Crippen molar-refractivity contribution in [1.82, 2.24) is 0 Å². The first-order valence-corrected chi connectivity index (χ1v) is 34.0. The molecule has 0 aliphatic heterocycles. The summed E-state index contributed by atoms with van der Waals surface area (Å²) in [5.41, 5.74) is 0. The second kappa shape index (κ2) is 65.2. The van der Waals surface area contributed by atoms with Crippen molar-refractivity contribution in [2.24, 2.45) is 0 Å². The van der Waals surface area contributed by atoms with Crippen molar-refractivity contribution < 1.29 is 28.6 Å². The van der Waals surface area contributed by atoms with E-state index in [1.54, 1.807) is 0 Å². The van der Waals surface area contributed by atoms with Gasteiger partial charge in [-0.3, -0.25) is 14.4 Å². The first kappa shape index (κ1) is 73.6. The molecule has 0 aliphatic rings. The number of carbonyl (C=O) groups is 3. The van der Waals surface area contributed by atoms with Crippen LogP contribution in [-0.2, 0) is 28.6 Å². The topological polar surface area (TPSA) is 78.9 Å². The Labute approximate surface area is 474 Å². The van der Waals surface area contributed by atoms with Crippen molar-refractivity contribution in [2.45, 2.75) is 380 Å². The van der Waals surface area contributed by atoms with E-state index in [-0.39, 0.29) is 31.1 Å². The van der Waals surface area contributed by atoms with Crippen molar-refractivity contribution >= 4 is 17.9 Å². The van der Waals surface area contributed by atoms with Gasteiger partial charge in [0.05, 0.1) is 0 Å². The summed E-state index contributed by atoms with van der Waals surface area (Å²) in [5, 5.41) is 0. The molecule has 0 bridgehead atoms. The minimum Gasteiger partial charge on any atom is -0.462 e. The third kappa shape index (κ3) is 62.5. The van der Waals surface area contributed by atoms with Crippen molar-refractivity contribution in [1.29, 1.82) is 0 Å². The molecule has 0 saturated carbocycles. The Bertz CT molecular complexity index is 1270. The monoisotopic (exact) mass is 1070 g/mol. The number of unbranched alkanes of at least 4 members (excludes halogenated alkanes) is 46. The third-order valence-electron chi connectivity index (χ3n) is 15.3. The lowest BCUT2D eigenvalue weighted by Crippen LogP contribution is -2.30. The predicted molar refractivity (Wildman–Crippen MR) is 330 cm³/mol. The molecular weight excluding hydrogens is 937 g/mol. The van der Waals surface area contributed by atoms with Gasteiger partial charge in [0.15, 0.2) is 6.10 Å². The molecule has 0 aliphatic carbocycles. The second-order valence-electron chi connectivity index (χ2n) is 23.1. The van der Waals surface area contributed by atoms with E-state index >= 15 is 0 Å². The Morgan fingerprint density at radius 3 is 0.684 bits per heavy atom. The maximum Gasteiger partial charge on any atom is 0.306 e. The van der Waals surface area contributed by atoms with Gasteiger partial charge in [0.1, 0.15) is 13.2 Å². The van der Waals surface area contributed by atoms with E-state index in [9.17, 15) is 14.4 Å². The van der Waals surface area contributed by atoms with Crippen LogP contribution in [0.15, 0.2) is 36.5 Å². The fourth-order valence-corrected chi connectivity index (χ4v) is 10.2. The molecule has 1 atom stereocenters. The number of allylic oxidation sites excluding steroid dienone is 6. The van der Waals surface area contributed by atoms with Gasteiger partial charge in [-0.2, -0.15) is 0 Å². The molecule has 6 heteroatoms. The Balaban J connectivity index is 4.16. The normalized spacial score (nSPS) is 12.2. The average Bonchev–Trinajstić information content (AvgIpc) is 3.42. The molecule has 0 aromatic heterocycles. The molecule has 0 aromatic carbocycles. The Hall–Kier alpha value is -2.37. The molecule has 0 aromatic rings. The molecule has 0 fully saturated rings. The quantitative estimate of drug-likeness (QED) is 0.0261. The number of carbonyl (C=O) groups excluding carboxylic acids is 3. The third-order valence-corrected chi connectivity index (χ3v) is 15.3. The van der Waals surface area contributed by atoms with Crippen LogP contribution in [0.3, 0.4) is 0 Å². The van der Waals surface area contributed by atoms with Gasteiger partial charge in [0, 0.05) is 19.3 Å². The second-order valence-corrected chi connectivity index (χ2v) is 23.1. The predicted octanol–water partition coefficient (Wildman–Crippen LogP) is 23.2. The standard InChI is InChI=1S/C70H130O6/c1-4-7-10-13-16-19-22-25-27-29-30-31-32-33-34-35-36-37-38-39-40-42-43-45-48-51-54-57-60-63-69(72)75-66-67(65-74-68(71)62-59-56-53-50-47-24-21-18-15-12-9-6-3)76-70(73)64-61-58-55-52-49-46-44-41-28-26-23-20-17-14-11-8-5-2/h18,21,26,28-30,67H,4-17,19-20,22-25,27,31-66H2,1-3H3/b21-18-,28-26-,30-29-. The summed E-state index contributed by atoms with van der Waals surface area (Å²) in [6.07, 6.45) is 80.3. The summed E-state index contributed by atoms with van der Waals surface area (Å²) in [4.78, 5) is 38.3. The number of esters is 3. The van der Waals surface area contributed by atoms with Crippen LogP contribution < -0.4 is 0 Å². The van der Waals surface area contributed by atoms with Gasteiger partial charge in [0.2, 0.25) is 0 Å². The van der Waals surface area contributed by atoms with Crippen LogP contribution in [0.4, 0.5) is 0 Å². The van der Waals surface area contributed by atoms with Crippen LogP contribution in [-0.4, -0.2) is 37.2 Å². The molecule has 0 spiro atoms. The first-order chi connectivity index (χ1) is 37.5. The van der Waals surface area contributed by atoms with E-state index in [4.69, 9.17) is 14.2 Å². The van der Waals surface area contributed by atoms with Gasteiger partial charge in [-0.05, 0) is 96.3 Å². The number of ether oxygens (including phenoxy) is 3. The highest BCUT2D eigenvalue weighted by Crippen LogP contribution is 2.18. The van der Waals surface area contributed by atoms with Crippen LogP contribution in [0, 0.1) is 0 Å². The van der Waals surface area contributed by atoms with E-state index in [0.717, 1.165) is 64.2 Å². The lowest BCUT2D eigenvalue weighted by molar-refractivity contribution is -0.167. The average molecular weight is 1070 g/mol. The van der Waals surface area contributed by atoms with Crippen molar-refractivity contribution in [3.05, 3.63) is 36.5 Å². The molecule has 1 unspecified atom stereocenters. The van der Waals surface area contributed by atoms with Gasteiger partial charge < -0.3 is 14.2 Å². The molecule has 0 radical (unpaired) electrons. The highest BCUT2D eigenvalue weighted by atomic mass is 16.6. The number of hydrogen-bond acceptors (Lipinski definition) is 6. The zero-order chi connectivity index (χ0) is 55.0. The highest BCUT2D eigenvalue weighted by Gasteiger charge is 2.19. The van der Waals surface area contributed by atoms with Crippen LogP contribution in [0.5, 0.6) is 0 Å². The van der Waals surface area contributed by atoms with Crippen molar-refractivity contribution in [3.8, 4) is 0 Å². The lowest BCUT2D eigenvalue weighted by atomic mass is 10.0. The molecule has 446 valence electrons. The maximum atomic E-state index is 12.9. The highest BCUT2D eigenvalue weighted by molar-refractivity contribution is 5.71. The Morgan fingerprint density at radius 2 is 0.434 bits per heavy atom. The molecule has 0 rings (SSSR count). The SMILES string of the molecule is CCCCC/C=C\CCCCCCCC(=O)OCC(COC(=O)CCCCCCCCCCCCCCCCCCC/C=C\CCCCCCCCCC)OC(=O)CCCCCCCCC/C=C\CCCCCCCC. The molecule has 6 nitrogen and oxygen atoms in total. The number of rotatable bonds is 63. The van der Waals surface area contributed by atoms with Gasteiger partial charge in [0.25, 0.3) is 0 Å². The summed E-state index contributed by atoms with van der Waals surface area (Å²) < 4.78 is 16.9. The first-order valence-electron chi connectivity index (χ1n) is 34.0. The minimum atomic E-state index is -0.776. The fraction of sp³-hybridized carbons (Fsp3) is 0.871. The van der Waals surface area contributed by atoms with Gasteiger partial charge in [-0.25, -0.2) is 0 Å². The molecule has 0 saturated heterocycles. The Kier molecular flexibility index (Phi) is 63.1. The van der Waals surface area contributed by atoms with E-state index in [2.05, 4.69) is 57.2 Å². The summed E-state index contributed by atoms with van der Waals surface area (Å²) in [6.45, 7) is 6.66. The number of hydrogen-bond donors (Lipinski definition) is 0. The van der Waals surface area contributed by atoms with Crippen LogP contribution in [0.1, 0.15) is 374 Å². The molecular formula is C70H130O6. The van der Waals surface area contributed by atoms with Crippen molar-refractivity contribution in [2.75, 3.05) is 13.2 Å². The van der Waals surface area contributed by atoms with E-state index < -0.39 is 6.10 Å². The van der Waals surface area contributed by atoms with Gasteiger partial charge in [-0.1, -0.05) is 295 Å². The molecule has 76 heavy (non-hydrogen) atoms. The van der Waals surface area contributed by atoms with E-state index in [1.165, 1.54) is 270 Å². The fourth-order valence-electron chi connectivity index (χ4n) is 10.2. The van der Waals surface area contributed by atoms with Crippen LogP contribution in [0.25, 0.3) is 0 Å². The molecule has 0 amide bonds. The molecule has 0 N–H and O–H groups in total.